The Hall–Kier alpha value is -1.10. The minimum absolute atomic E-state index is 0. The molecule has 7 nitrogen and oxygen atoms in total. The number of ether oxygens (including phenoxy) is 1. The molecule has 2 aliphatic rings. The molecule has 3 N–H and O–H groups in total. The van der Waals surface area contributed by atoms with Gasteiger partial charge in [-0.3, -0.25) is 9.89 Å². The van der Waals surface area contributed by atoms with Crippen molar-refractivity contribution in [3.05, 3.63) is 30.3 Å². The van der Waals surface area contributed by atoms with Crippen molar-refractivity contribution in [1.29, 1.82) is 0 Å². The molecule has 31 heavy (non-hydrogen) atoms. The van der Waals surface area contributed by atoms with Crippen LogP contribution in [-0.4, -0.2) is 87.6 Å². The maximum Gasteiger partial charge on any atom is 0.191 e. The SMILES string of the molecule is CCNC(=NCC1(CCO)CCOC1)NCC(C)N1CCN(c2ccccc2)CC1.I. The molecule has 0 aromatic heterocycles. The van der Waals surface area contributed by atoms with E-state index in [9.17, 15) is 5.11 Å². The molecular weight excluding hydrogens is 505 g/mol. The van der Waals surface area contributed by atoms with Gasteiger partial charge in [0.25, 0.3) is 0 Å². The van der Waals surface area contributed by atoms with Gasteiger partial charge in [0.2, 0.25) is 0 Å². The second kappa shape index (κ2) is 13.4. The van der Waals surface area contributed by atoms with Gasteiger partial charge in [0.15, 0.2) is 5.96 Å². The van der Waals surface area contributed by atoms with Crippen LogP contribution in [0.15, 0.2) is 35.3 Å². The summed E-state index contributed by atoms with van der Waals surface area (Å²) >= 11 is 0. The van der Waals surface area contributed by atoms with E-state index in [0.29, 0.717) is 19.2 Å². The Kier molecular flexibility index (Phi) is 11.3. The first-order valence-electron chi connectivity index (χ1n) is 11.4. The maximum absolute atomic E-state index is 9.43. The van der Waals surface area contributed by atoms with Gasteiger partial charge in [0.1, 0.15) is 0 Å². The first kappa shape index (κ1) is 26.2. The number of halogens is 1. The molecule has 3 rings (SSSR count). The van der Waals surface area contributed by atoms with Gasteiger partial charge in [-0.2, -0.15) is 0 Å². The molecular formula is C23H40IN5O2. The number of anilines is 1. The number of nitrogens with one attached hydrogen (secondary N) is 2. The Bertz CT molecular complexity index is 647. The molecule has 2 unspecified atom stereocenters. The Morgan fingerprint density at radius 2 is 1.94 bits per heavy atom. The van der Waals surface area contributed by atoms with Crippen molar-refractivity contribution in [1.82, 2.24) is 15.5 Å². The molecule has 176 valence electrons. The Morgan fingerprint density at radius 1 is 1.19 bits per heavy atom. The third-order valence-corrected chi connectivity index (χ3v) is 6.37. The van der Waals surface area contributed by atoms with Crippen LogP contribution in [0.3, 0.4) is 0 Å². The van der Waals surface area contributed by atoms with Gasteiger partial charge in [-0.05, 0) is 38.8 Å². The molecule has 1 aromatic rings. The van der Waals surface area contributed by atoms with Crippen LogP contribution in [0.25, 0.3) is 0 Å². The molecule has 2 heterocycles. The third-order valence-electron chi connectivity index (χ3n) is 6.37. The molecule has 2 atom stereocenters. The van der Waals surface area contributed by atoms with E-state index in [1.807, 2.05) is 0 Å². The molecule has 0 bridgehead atoms. The fourth-order valence-corrected chi connectivity index (χ4v) is 4.31. The van der Waals surface area contributed by atoms with Gasteiger partial charge < -0.3 is 25.4 Å². The average molecular weight is 546 g/mol. The summed E-state index contributed by atoms with van der Waals surface area (Å²) in [5.74, 6) is 0.858. The topological polar surface area (TPSA) is 72.4 Å². The molecule has 0 spiro atoms. The van der Waals surface area contributed by atoms with E-state index in [1.54, 1.807) is 0 Å². The second-order valence-electron chi connectivity index (χ2n) is 8.56. The highest BCUT2D eigenvalue weighted by atomic mass is 127. The number of hydrogen-bond acceptors (Lipinski definition) is 5. The van der Waals surface area contributed by atoms with E-state index < -0.39 is 0 Å². The van der Waals surface area contributed by atoms with Crippen LogP contribution in [0.4, 0.5) is 5.69 Å². The summed E-state index contributed by atoms with van der Waals surface area (Å²) in [5, 5.41) is 16.3. The number of rotatable bonds is 9. The number of nitrogens with zero attached hydrogens (tertiary/aromatic N) is 3. The summed E-state index contributed by atoms with van der Waals surface area (Å²) in [6, 6.07) is 11.1. The number of benzene rings is 1. The van der Waals surface area contributed by atoms with Crippen molar-refractivity contribution in [2.75, 3.05) is 70.5 Å². The molecule has 0 radical (unpaired) electrons. The van der Waals surface area contributed by atoms with E-state index in [2.05, 4.69) is 64.6 Å². The summed E-state index contributed by atoms with van der Waals surface area (Å²) < 4.78 is 5.59. The van der Waals surface area contributed by atoms with Crippen LogP contribution in [0.5, 0.6) is 0 Å². The van der Waals surface area contributed by atoms with Crippen molar-refractivity contribution in [3.8, 4) is 0 Å². The van der Waals surface area contributed by atoms with E-state index in [-0.39, 0.29) is 36.0 Å². The number of aliphatic hydroxyl groups excluding tert-OH is 1. The molecule has 0 amide bonds. The monoisotopic (exact) mass is 545 g/mol. The zero-order valence-electron chi connectivity index (χ0n) is 19.1. The largest absolute Gasteiger partial charge is 0.396 e. The lowest BCUT2D eigenvalue weighted by atomic mass is 9.84. The number of piperazine rings is 1. The van der Waals surface area contributed by atoms with Gasteiger partial charge >= 0.3 is 0 Å². The number of hydrogen-bond donors (Lipinski definition) is 3. The highest BCUT2D eigenvalue weighted by Gasteiger charge is 2.34. The van der Waals surface area contributed by atoms with Gasteiger partial charge in [-0.1, -0.05) is 18.2 Å². The molecule has 0 saturated carbocycles. The van der Waals surface area contributed by atoms with Crippen LogP contribution in [0, 0.1) is 5.41 Å². The predicted octanol–water partition coefficient (Wildman–Crippen LogP) is 2.16. The first-order chi connectivity index (χ1) is 14.7. The Labute approximate surface area is 204 Å². The quantitative estimate of drug-likeness (QED) is 0.251. The van der Waals surface area contributed by atoms with Crippen molar-refractivity contribution in [2.45, 2.75) is 32.7 Å². The number of aliphatic imine (C=N–C) groups is 1. The lowest BCUT2D eigenvalue weighted by Crippen LogP contribution is -2.53. The third kappa shape index (κ3) is 7.76. The van der Waals surface area contributed by atoms with Gasteiger partial charge in [0, 0.05) is 69.6 Å². The van der Waals surface area contributed by atoms with Crippen LogP contribution >= 0.6 is 24.0 Å². The van der Waals surface area contributed by atoms with E-state index in [1.165, 1.54) is 5.69 Å². The summed E-state index contributed by atoms with van der Waals surface area (Å²) in [5.41, 5.74) is 1.30. The highest BCUT2D eigenvalue weighted by molar-refractivity contribution is 14.0. The zero-order chi connectivity index (χ0) is 21.2. The van der Waals surface area contributed by atoms with Crippen molar-refractivity contribution >= 4 is 35.6 Å². The molecule has 8 heteroatoms. The highest BCUT2D eigenvalue weighted by Crippen LogP contribution is 2.32. The minimum atomic E-state index is -0.0174. The molecule has 2 saturated heterocycles. The standard InChI is InChI=1S/C23H39N5O2.HI/c1-3-24-22(26-18-23(9-15-29)10-16-30-19-23)25-17-20(2)27-11-13-28(14-12-27)21-7-5-4-6-8-21;/h4-8,20,29H,3,9-19H2,1-2H3,(H2,24,25,26);1H. The van der Waals surface area contributed by atoms with Crippen LogP contribution in [0.2, 0.25) is 0 Å². The van der Waals surface area contributed by atoms with Crippen LogP contribution in [-0.2, 0) is 4.74 Å². The molecule has 0 aliphatic carbocycles. The maximum atomic E-state index is 9.43. The first-order valence-corrected chi connectivity index (χ1v) is 11.4. The van der Waals surface area contributed by atoms with Gasteiger partial charge in [-0.15, -0.1) is 24.0 Å². The van der Waals surface area contributed by atoms with Crippen molar-refractivity contribution in [3.63, 3.8) is 0 Å². The summed E-state index contributed by atoms with van der Waals surface area (Å²) in [6.45, 7) is 12.7. The summed E-state index contributed by atoms with van der Waals surface area (Å²) in [7, 11) is 0. The lowest BCUT2D eigenvalue weighted by molar-refractivity contribution is 0.131. The van der Waals surface area contributed by atoms with Crippen LogP contribution < -0.4 is 15.5 Å². The number of para-hydroxylation sites is 1. The summed E-state index contributed by atoms with van der Waals surface area (Å²) in [6.07, 6.45) is 1.72. The molecule has 2 fully saturated rings. The van der Waals surface area contributed by atoms with E-state index >= 15 is 0 Å². The fraction of sp³-hybridized carbons (Fsp3) is 0.696. The zero-order valence-corrected chi connectivity index (χ0v) is 21.4. The van der Waals surface area contributed by atoms with Gasteiger partial charge in [-0.25, -0.2) is 0 Å². The fourth-order valence-electron chi connectivity index (χ4n) is 4.31. The van der Waals surface area contributed by atoms with E-state index in [4.69, 9.17) is 9.73 Å². The van der Waals surface area contributed by atoms with Crippen molar-refractivity contribution < 1.29 is 9.84 Å². The second-order valence-corrected chi connectivity index (χ2v) is 8.56. The smallest absolute Gasteiger partial charge is 0.191 e. The number of aliphatic hydroxyl groups is 1. The predicted molar refractivity (Wildman–Crippen MR) is 139 cm³/mol. The van der Waals surface area contributed by atoms with Crippen molar-refractivity contribution in [2.24, 2.45) is 10.4 Å². The molecule has 2 aliphatic heterocycles. The van der Waals surface area contributed by atoms with Crippen LogP contribution in [0.1, 0.15) is 26.7 Å². The Morgan fingerprint density at radius 3 is 2.55 bits per heavy atom. The Balaban J connectivity index is 0.00000341. The minimum Gasteiger partial charge on any atom is -0.396 e. The normalized spacial score (nSPS) is 23.3. The average Bonchev–Trinajstić information content (AvgIpc) is 3.25. The molecule has 1 aromatic carbocycles. The lowest BCUT2D eigenvalue weighted by Gasteiger charge is -2.39. The van der Waals surface area contributed by atoms with Gasteiger partial charge in [0.05, 0.1) is 13.2 Å². The summed E-state index contributed by atoms with van der Waals surface area (Å²) in [4.78, 5) is 9.85. The van der Waals surface area contributed by atoms with E-state index in [0.717, 1.165) is 64.7 Å². The number of guanidine groups is 1.